The number of aromatic nitrogens is 2. The Morgan fingerprint density at radius 2 is 1.91 bits per heavy atom. The van der Waals surface area contributed by atoms with Gasteiger partial charge in [0.25, 0.3) is 4.84 Å². The summed E-state index contributed by atoms with van der Waals surface area (Å²) in [6.45, 7) is -0.00243. The highest BCUT2D eigenvalue weighted by atomic mass is 35.5. The van der Waals surface area contributed by atoms with Gasteiger partial charge in [-0.25, -0.2) is 4.68 Å². The highest BCUT2D eigenvalue weighted by Gasteiger charge is 2.14. The molecular weight excluding hydrogens is 355 g/mol. The minimum absolute atomic E-state index is 0.00243. The number of hydrogen-bond donors (Lipinski definition) is 0. The number of halogens is 2. The fourth-order valence-electron chi connectivity index (χ4n) is 2.03. The molecule has 0 bridgehead atoms. The van der Waals surface area contributed by atoms with Gasteiger partial charge >= 0.3 is 0 Å². The van der Waals surface area contributed by atoms with E-state index in [1.165, 1.54) is 4.68 Å². The van der Waals surface area contributed by atoms with Gasteiger partial charge in [-0.05, 0) is 30.4 Å². The number of rotatable bonds is 4. The van der Waals surface area contributed by atoms with Crippen molar-refractivity contribution in [3.8, 4) is 11.5 Å². The van der Waals surface area contributed by atoms with Crippen molar-refractivity contribution >= 4 is 41.2 Å². The number of Topliss-reactive ketones (excluding diaryl/α,β-unsaturated/α-hetero) is 1. The molecule has 0 unspecified atom stereocenters. The Balaban J connectivity index is 1.90. The number of nitrogens with zero attached hydrogens (tertiary/aromatic N) is 2. The predicted octanol–water partition coefficient (Wildman–Crippen LogP) is 5.06. The topological polar surface area (TPSA) is 48.0 Å². The third-order valence-corrected chi connectivity index (χ3v) is 4.00. The maximum absolute atomic E-state index is 12.2. The molecule has 0 saturated heterocycles. The van der Waals surface area contributed by atoms with Crippen LogP contribution in [0.2, 0.25) is 10.0 Å². The molecule has 0 saturated carbocycles. The van der Waals surface area contributed by atoms with Crippen LogP contribution in [0.4, 0.5) is 0 Å². The van der Waals surface area contributed by atoms with E-state index in [0.29, 0.717) is 21.2 Å². The van der Waals surface area contributed by atoms with Crippen LogP contribution in [0.3, 0.4) is 0 Å². The Labute approximate surface area is 147 Å². The number of carbonyl (C=O) groups excluding carboxylic acids is 1. The van der Waals surface area contributed by atoms with Gasteiger partial charge in [0.05, 0.1) is 10.6 Å². The Hall–Kier alpha value is -1.95. The molecule has 0 fully saturated rings. The van der Waals surface area contributed by atoms with Crippen molar-refractivity contribution < 1.29 is 9.21 Å². The molecule has 0 atom stereocenters. The van der Waals surface area contributed by atoms with Gasteiger partial charge in [-0.1, -0.05) is 53.5 Å². The van der Waals surface area contributed by atoms with Crippen LogP contribution in [0.1, 0.15) is 10.4 Å². The van der Waals surface area contributed by atoms with E-state index < -0.39 is 0 Å². The minimum atomic E-state index is -0.108. The minimum Gasteiger partial charge on any atom is -0.409 e. The van der Waals surface area contributed by atoms with Crippen molar-refractivity contribution in [2.75, 3.05) is 0 Å². The van der Waals surface area contributed by atoms with Crippen LogP contribution >= 0.6 is 35.4 Å². The van der Waals surface area contributed by atoms with Crippen LogP contribution in [-0.2, 0) is 6.54 Å². The second kappa shape index (κ2) is 6.66. The molecule has 1 heterocycles. The summed E-state index contributed by atoms with van der Waals surface area (Å²) in [4.78, 5) is 12.3. The molecule has 0 spiro atoms. The molecule has 116 valence electrons. The molecule has 0 aliphatic rings. The Morgan fingerprint density at radius 3 is 2.61 bits per heavy atom. The van der Waals surface area contributed by atoms with Gasteiger partial charge in [0.15, 0.2) is 5.78 Å². The summed E-state index contributed by atoms with van der Waals surface area (Å²) in [7, 11) is 0. The SMILES string of the molecule is O=C(Cn1nc(-c2ccc(Cl)cc2Cl)oc1=S)c1ccccc1. The Kier molecular flexibility index (Phi) is 4.61. The summed E-state index contributed by atoms with van der Waals surface area (Å²) in [6.07, 6.45) is 0. The molecule has 23 heavy (non-hydrogen) atoms. The molecule has 0 radical (unpaired) electrons. The zero-order valence-corrected chi connectivity index (χ0v) is 14.0. The fourth-order valence-corrected chi connectivity index (χ4v) is 2.70. The average molecular weight is 365 g/mol. The van der Waals surface area contributed by atoms with Crippen LogP contribution in [0.25, 0.3) is 11.5 Å². The molecule has 0 aliphatic heterocycles. The second-order valence-electron chi connectivity index (χ2n) is 4.74. The third kappa shape index (κ3) is 3.52. The van der Waals surface area contributed by atoms with Crippen molar-refractivity contribution in [3.63, 3.8) is 0 Å². The summed E-state index contributed by atoms with van der Waals surface area (Å²) in [6, 6.07) is 13.9. The van der Waals surface area contributed by atoms with Gasteiger partial charge in [0.1, 0.15) is 6.54 Å². The quantitative estimate of drug-likeness (QED) is 0.479. The third-order valence-electron chi connectivity index (χ3n) is 3.16. The predicted molar refractivity (Wildman–Crippen MR) is 91.6 cm³/mol. The van der Waals surface area contributed by atoms with Crippen LogP contribution < -0.4 is 0 Å². The van der Waals surface area contributed by atoms with E-state index in [1.54, 1.807) is 42.5 Å². The van der Waals surface area contributed by atoms with Gasteiger partial charge in [-0.15, -0.1) is 5.10 Å². The molecule has 4 nitrogen and oxygen atoms in total. The smallest absolute Gasteiger partial charge is 0.287 e. The van der Waals surface area contributed by atoms with E-state index in [2.05, 4.69) is 5.10 Å². The largest absolute Gasteiger partial charge is 0.409 e. The molecule has 0 amide bonds. The number of ketones is 1. The zero-order valence-electron chi connectivity index (χ0n) is 11.7. The molecule has 7 heteroatoms. The van der Waals surface area contributed by atoms with Crippen LogP contribution in [-0.4, -0.2) is 15.6 Å². The van der Waals surface area contributed by atoms with E-state index in [-0.39, 0.29) is 23.1 Å². The van der Waals surface area contributed by atoms with Gasteiger partial charge in [0, 0.05) is 10.6 Å². The maximum atomic E-state index is 12.2. The van der Waals surface area contributed by atoms with Crippen molar-refractivity contribution in [1.82, 2.24) is 9.78 Å². The van der Waals surface area contributed by atoms with Gasteiger partial charge in [-0.2, -0.15) is 0 Å². The lowest BCUT2D eigenvalue weighted by Gasteiger charge is -2.00. The first-order valence-corrected chi connectivity index (χ1v) is 7.82. The van der Waals surface area contributed by atoms with E-state index in [0.717, 1.165) is 0 Å². The van der Waals surface area contributed by atoms with Gasteiger partial charge in [-0.3, -0.25) is 4.79 Å². The standard InChI is InChI=1S/C16H10Cl2N2O2S/c17-11-6-7-12(13(18)8-11)15-19-20(16(23)22-15)9-14(21)10-4-2-1-3-5-10/h1-8H,9H2. The summed E-state index contributed by atoms with van der Waals surface area (Å²) in [5, 5.41) is 5.14. The fraction of sp³-hybridized carbons (Fsp3) is 0.0625. The highest BCUT2D eigenvalue weighted by Crippen LogP contribution is 2.29. The monoisotopic (exact) mass is 364 g/mol. The van der Waals surface area contributed by atoms with E-state index in [4.69, 9.17) is 39.8 Å². The van der Waals surface area contributed by atoms with Gasteiger partial charge < -0.3 is 4.42 Å². The Morgan fingerprint density at radius 1 is 1.17 bits per heavy atom. The van der Waals surface area contributed by atoms with Crippen molar-refractivity contribution in [1.29, 1.82) is 0 Å². The number of carbonyl (C=O) groups is 1. The van der Waals surface area contributed by atoms with Crippen molar-refractivity contribution in [3.05, 3.63) is 69.0 Å². The molecule has 0 N–H and O–H groups in total. The van der Waals surface area contributed by atoms with Crippen LogP contribution in [0, 0.1) is 4.84 Å². The average Bonchev–Trinajstić information content (AvgIpc) is 2.88. The zero-order chi connectivity index (χ0) is 16.4. The lowest BCUT2D eigenvalue weighted by Crippen LogP contribution is -2.11. The summed E-state index contributed by atoms with van der Waals surface area (Å²) >= 11 is 17.1. The number of hydrogen-bond acceptors (Lipinski definition) is 4. The van der Waals surface area contributed by atoms with Crippen LogP contribution in [0.15, 0.2) is 52.9 Å². The highest BCUT2D eigenvalue weighted by molar-refractivity contribution is 7.71. The molecule has 1 aromatic heterocycles. The lowest BCUT2D eigenvalue weighted by molar-refractivity contribution is 0.0966. The van der Waals surface area contributed by atoms with Crippen molar-refractivity contribution in [2.45, 2.75) is 6.54 Å². The van der Waals surface area contributed by atoms with Crippen LogP contribution in [0.5, 0.6) is 0 Å². The van der Waals surface area contributed by atoms with E-state index >= 15 is 0 Å². The molecule has 2 aromatic carbocycles. The van der Waals surface area contributed by atoms with E-state index in [1.807, 2.05) is 6.07 Å². The number of benzene rings is 2. The Bertz CT molecular complexity index is 919. The molecular formula is C16H10Cl2N2O2S. The second-order valence-corrected chi connectivity index (χ2v) is 5.94. The first-order chi connectivity index (χ1) is 11.0. The van der Waals surface area contributed by atoms with Gasteiger partial charge in [0.2, 0.25) is 5.89 Å². The maximum Gasteiger partial charge on any atom is 0.287 e. The first kappa shape index (κ1) is 15.9. The molecule has 3 aromatic rings. The first-order valence-electron chi connectivity index (χ1n) is 6.66. The molecule has 0 aliphatic carbocycles. The summed E-state index contributed by atoms with van der Waals surface area (Å²) in [5.41, 5.74) is 1.15. The van der Waals surface area contributed by atoms with E-state index in [9.17, 15) is 4.79 Å². The lowest BCUT2D eigenvalue weighted by atomic mass is 10.1. The van der Waals surface area contributed by atoms with Crippen molar-refractivity contribution in [2.24, 2.45) is 0 Å². The summed E-state index contributed by atoms with van der Waals surface area (Å²) < 4.78 is 6.78. The summed E-state index contributed by atoms with van der Waals surface area (Å²) in [5.74, 6) is 0.140. The normalized spacial score (nSPS) is 10.7. The molecule has 3 rings (SSSR count).